The Kier molecular flexibility index (Phi) is 5.12. The molecule has 1 aliphatic rings. The molecule has 0 spiro atoms. The first-order valence-electron chi connectivity index (χ1n) is 6.31. The van der Waals surface area contributed by atoms with E-state index in [1.165, 1.54) is 0 Å². The van der Waals surface area contributed by atoms with E-state index in [2.05, 4.69) is 0 Å². The predicted octanol–water partition coefficient (Wildman–Crippen LogP) is 2.32. The van der Waals surface area contributed by atoms with Crippen molar-refractivity contribution < 1.29 is 22.6 Å². The Balaban J connectivity index is 2.17. The summed E-state index contributed by atoms with van der Waals surface area (Å²) in [6.07, 6.45) is 1.67. The van der Waals surface area contributed by atoms with Gasteiger partial charge >= 0.3 is 0 Å². The Bertz CT molecular complexity index is 552. The second-order valence-electron chi connectivity index (χ2n) is 4.60. The first-order valence-corrected chi connectivity index (χ1v) is 8.79. The van der Waals surface area contributed by atoms with Gasteiger partial charge in [0.25, 0.3) is 0 Å². The van der Waals surface area contributed by atoms with Crippen molar-refractivity contribution >= 4 is 19.7 Å². The number of rotatable bonds is 5. The third kappa shape index (κ3) is 4.54. The molecule has 20 heavy (non-hydrogen) atoms. The third-order valence-electron chi connectivity index (χ3n) is 3.03. The summed E-state index contributed by atoms with van der Waals surface area (Å²) in [5, 5.41) is 0. The number of hydrogen-bond acceptors (Lipinski definition) is 5. The fourth-order valence-electron chi connectivity index (χ4n) is 2.08. The minimum absolute atomic E-state index is 0.0560. The zero-order valence-electron chi connectivity index (χ0n) is 11.2. The molecule has 0 saturated carbocycles. The normalized spacial score (nSPS) is 16.9. The summed E-state index contributed by atoms with van der Waals surface area (Å²) in [4.78, 5) is 0. The highest BCUT2D eigenvalue weighted by Gasteiger charge is 2.18. The molecule has 1 aromatic carbocycles. The van der Waals surface area contributed by atoms with E-state index in [-0.39, 0.29) is 11.9 Å². The molecule has 0 unspecified atom stereocenters. The van der Waals surface area contributed by atoms with Crippen LogP contribution in [0.2, 0.25) is 0 Å². The van der Waals surface area contributed by atoms with Gasteiger partial charge in [-0.2, -0.15) is 0 Å². The number of benzene rings is 1. The fourth-order valence-corrected chi connectivity index (χ4v) is 3.03. The first kappa shape index (κ1) is 15.4. The quantitative estimate of drug-likeness (QED) is 0.779. The number of methoxy groups -OCH3 is 1. The molecule has 1 aromatic rings. The van der Waals surface area contributed by atoms with Crippen LogP contribution in [0.15, 0.2) is 18.2 Å². The van der Waals surface area contributed by atoms with Crippen LogP contribution in [0, 0.1) is 0 Å². The Hall–Kier alpha value is -0.980. The van der Waals surface area contributed by atoms with E-state index in [1.807, 2.05) is 0 Å². The van der Waals surface area contributed by atoms with Crippen LogP contribution in [0.25, 0.3) is 0 Å². The fraction of sp³-hybridized carbons (Fsp3) is 0.538. The average molecular weight is 321 g/mol. The maximum absolute atomic E-state index is 11.1. The van der Waals surface area contributed by atoms with Crippen LogP contribution >= 0.6 is 10.7 Å². The van der Waals surface area contributed by atoms with E-state index in [9.17, 15) is 8.42 Å². The van der Waals surface area contributed by atoms with Gasteiger partial charge in [-0.3, -0.25) is 0 Å². The monoisotopic (exact) mass is 320 g/mol. The van der Waals surface area contributed by atoms with Gasteiger partial charge in [0.1, 0.15) is 6.10 Å². The maximum Gasteiger partial charge on any atom is 0.236 e. The highest BCUT2D eigenvalue weighted by atomic mass is 35.7. The van der Waals surface area contributed by atoms with Crippen LogP contribution in [-0.2, 0) is 19.5 Å². The summed E-state index contributed by atoms with van der Waals surface area (Å²) in [5.74, 6) is 0.882. The molecule has 0 atom stereocenters. The van der Waals surface area contributed by atoms with Gasteiger partial charge in [-0.1, -0.05) is 6.07 Å². The number of hydrogen-bond donors (Lipinski definition) is 0. The molecule has 5 nitrogen and oxygen atoms in total. The standard InChI is InChI=1S/C13H17ClO5S/c1-17-12-3-2-10(9-20(14,15)16)8-13(12)19-11-4-6-18-7-5-11/h2-3,8,11H,4-7,9H2,1H3. The highest BCUT2D eigenvalue weighted by Crippen LogP contribution is 2.31. The van der Waals surface area contributed by atoms with Crippen molar-refractivity contribution in [2.45, 2.75) is 24.7 Å². The minimum Gasteiger partial charge on any atom is -0.493 e. The maximum atomic E-state index is 11.1. The van der Waals surface area contributed by atoms with Crippen molar-refractivity contribution in [1.29, 1.82) is 0 Å². The van der Waals surface area contributed by atoms with E-state index in [4.69, 9.17) is 24.9 Å². The number of ether oxygens (including phenoxy) is 3. The van der Waals surface area contributed by atoms with Crippen LogP contribution < -0.4 is 9.47 Å². The molecule has 0 amide bonds. The molecule has 0 bridgehead atoms. The molecule has 1 saturated heterocycles. The summed E-state index contributed by atoms with van der Waals surface area (Å²) < 4.78 is 38.7. The van der Waals surface area contributed by atoms with Crippen LogP contribution in [0.5, 0.6) is 11.5 Å². The smallest absolute Gasteiger partial charge is 0.236 e. The average Bonchev–Trinajstić information content (AvgIpc) is 2.38. The molecule has 0 N–H and O–H groups in total. The zero-order chi connectivity index (χ0) is 14.6. The Labute approximate surface area is 123 Å². The lowest BCUT2D eigenvalue weighted by atomic mass is 10.1. The van der Waals surface area contributed by atoms with Crippen LogP contribution in [-0.4, -0.2) is 34.8 Å². The summed E-state index contributed by atoms with van der Waals surface area (Å²) in [7, 11) is 3.22. The van der Waals surface area contributed by atoms with E-state index in [1.54, 1.807) is 25.3 Å². The van der Waals surface area contributed by atoms with Crippen molar-refractivity contribution in [3.8, 4) is 11.5 Å². The Morgan fingerprint density at radius 2 is 2.00 bits per heavy atom. The molecule has 112 valence electrons. The molecular formula is C13H17ClO5S. The van der Waals surface area contributed by atoms with Crippen molar-refractivity contribution in [2.24, 2.45) is 0 Å². The number of halogens is 1. The molecule has 0 aliphatic carbocycles. The van der Waals surface area contributed by atoms with E-state index < -0.39 is 9.05 Å². The Morgan fingerprint density at radius 3 is 2.60 bits per heavy atom. The molecule has 1 heterocycles. The molecular weight excluding hydrogens is 304 g/mol. The molecule has 7 heteroatoms. The molecule has 2 rings (SSSR count). The lowest BCUT2D eigenvalue weighted by molar-refractivity contribution is 0.0245. The molecule has 0 aromatic heterocycles. The van der Waals surface area contributed by atoms with Crippen molar-refractivity contribution in [3.05, 3.63) is 23.8 Å². The molecule has 1 aliphatic heterocycles. The van der Waals surface area contributed by atoms with Gasteiger partial charge in [-0.05, 0) is 17.7 Å². The summed E-state index contributed by atoms with van der Waals surface area (Å²) in [6.45, 7) is 1.34. The van der Waals surface area contributed by atoms with Gasteiger partial charge in [-0.15, -0.1) is 0 Å². The summed E-state index contributed by atoms with van der Waals surface area (Å²) >= 11 is 0. The van der Waals surface area contributed by atoms with Crippen LogP contribution in [0.3, 0.4) is 0 Å². The van der Waals surface area contributed by atoms with Crippen LogP contribution in [0.4, 0.5) is 0 Å². The highest BCUT2D eigenvalue weighted by molar-refractivity contribution is 8.13. The Morgan fingerprint density at radius 1 is 1.30 bits per heavy atom. The second-order valence-corrected chi connectivity index (χ2v) is 7.37. The van der Waals surface area contributed by atoms with Gasteiger partial charge < -0.3 is 14.2 Å². The van der Waals surface area contributed by atoms with Crippen molar-refractivity contribution in [2.75, 3.05) is 20.3 Å². The van der Waals surface area contributed by atoms with Gasteiger partial charge in [0, 0.05) is 23.5 Å². The summed E-state index contributed by atoms with van der Waals surface area (Å²) in [5.41, 5.74) is 0.572. The van der Waals surface area contributed by atoms with E-state index in [0.717, 1.165) is 12.8 Å². The second kappa shape index (κ2) is 6.65. The third-order valence-corrected chi connectivity index (χ3v) is 4.03. The van der Waals surface area contributed by atoms with E-state index >= 15 is 0 Å². The summed E-state index contributed by atoms with van der Waals surface area (Å²) in [6, 6.07) is 5.01. The largest absolute Gasteiger partial charge is 0.493 e. The van der Waals surface area contributed by atoms with Gasteiger partial charge in [0.2, 0.25) is 9.05 Å². The van der Waals surface area contributed by atoms with E-state index in [0.29, 0.717) is 30.3 Å². The van der Waals surface area contributed by atoms with Gasteiger partial charge in [0.15, 0.2) is 11.5 Å². The molecule has 0 radical (unpaired) electrons. The van der Waals surface area contributed by atoms with Crippen molar-refractivity contribution in [1.82, 2.24) is 0 Å². The zero-order valence-corrected chi connectivity index (χ0v) is 12.7. The SMILES string of the molecule is COc1ccc(CS(=O)(=O)Cl)cc1OC1CCOCC1. The first-order chi connectivity index (χ1) is 9.48. The van der Waals surface area contributed by atoms with Crippen LogP contribution in [0.1, 0.15) is 18.4 Å². The minimum atomic E-state index is -3.59. The topological polar surface area (TPSA) is 61.8 Å². The lowest BCUT2D eigenvalue weighted by Crippen LogP contribution is -2.26. The molecule has 1 fully saturated rings. The van der Waals surface area contributed by atoms with Gasteiger partial charge in [0.05, 0.1) is 26.1 Å². The van der Waals surface area contributed by atoms with Gasteiger partial charge in [-0.25, -0.2) is 8.42 Å². The lowest BCUT2D eigenvalue weighted by Gasteiger charge is -2.24. The van der Waals surface area contributed by atoms with Crippen molar-refractivity contribution in [3.63, 3.8) is 0 Å². The predicted molar refractivity (Wildman–Crippen MR) is 75.9 cm³/mol.